The molecule has 0 radical (unpaired) electrons. The van der Waals surface area contributed by atoms with Crippen LogP contribution in [-0.2, 0) is 4.79 Å². The van der Waals surface area contributed by atoms with Gasteiger partial charge in [-0.2, -0.15) is 0 Å². The SMILES string of the molecule is CCC(CNC(=O)Nc1cc(F)cc(F)c1)C(=O)O. The summed E-state index contributed by atoms with van der Waals surface area (Å²) in [7, 11) is 0. The van der Waals surface area contributed by atoms with E-state index >= 15 is 0 Å². The standard InChI is InChI=1S/C12H14F2N2O3/c1-2-7(11(17)18)6-15-12(19)16-10-4-8(13)3-9(14)5-10/h3-5,7H,2,6H2,1H3,(H,17,18)(H2,15,16,19). The van der Waals surface area contributed by atoms with Crippen molar-refractivity contribution in [2.75, 3.05) is 11.9 Å². The Kier molecular flexibility index (Phi) is 5.23. The molecule has 0 aliphatic rings. The summed E-state index contributed by atoms with van der Waals surface area (Å²) in [6.07, 6.45) is 0.365. The van der Waals surface area contributed by atoms with Crippen molar-refractivity contribution in [2.45, 2.75) is 13.3 Å². The zero-order chi connectivity index (χ0) is 14.4. The number of carbonyl (C=O) groups excluding carboxylic acids is 1. The average Bonchev–Trinajstić information content (AvgIpc) is 2.27. The number of amides is 2. The van der Waals surface area contributed by atoms with Gasteiger partial charge in [0.05, 0.1) is 5.92 Å². The molecule has 104 valence electrons. The Morgan fingerprint density at radius 2 is 1.84 bits per heavy atom. The number of hydrogen-bond acceptors (Lipinski definition) is 2. The van der Waals surface area contributed by atoms with E-state index in [-0.39, 0.29) is 12.2 Å². The van der Waals surface area contributed by atoms with Crippen molar-refractivity contribution in [3.63, 3.8) is 0 Å². The number of nitrogens with one attached hydrogen (secondary N) is 2. The number of hydrogen-bond donors (Lipinski definition) is 3. The van der Waals surface area contributed by atoms with Crippen LogP contribution in [0.4, 0.5) is 19.3 Å². The second-order valence-electron chi connectivity index (χ2n) is 3.94. The highest BCUT2D eigenvalue weighted by Crippen LogP contribution is 2.12. The first kappa shape index (κ1) is 14.9. The third kappa shape index (κ3) is 4.90. The zero-order valence-electron chi connectivity index (χ0n) is 10.2. The molecule has 0 saturated heterocycles. The molecule has 5 nitrogen and oxygen atoms in total. The normalized spacial score (nSPS) is 11.7. The molecule has 0 aromatic heterocycles. The van der Waals surface area contributed by atoms with E-state index in [1.165, 1.54) is 0 Å². The molecule has 0 aliphatic carbocycles. The van der Waals surface area contributed by atoms with Crippen molar-refractivity contribution in [1.82, 2.24) is 5.32 Å². The molecule has 0 saturated carbocycles. The van der Waals surface area contributed by atoms with Crippen LogP contribution < -0.4 is 10.6 Å². The number of aliphatic carboxylic acids is 1. The summed E-state index contributed by atoms with van der Waals surface area (Å²) < 4.78 is 25.7. The van der Waals surface area contributed by atoms with E-state index < -0.39 is 29.6 Å². The number of rotatable bonds is 5. The summed E-state index contributed by atoms with van der Waals surface area (Å²) in [5.74, 6) is -3.34. The summed E-state index contributed by atoms with van der Waals surface area (Å²) in [6, 6.07) is 1.87. The Bertz CT molecular complexity index is 460. The van der Waals surface area contributed by atoms with E-state index in [9.17, 15) is 18.4 Å². The van der Waals surface area contributed by atoms with Crippen LogP contribution in [0.5, 0.6) is 0 Å². The van der Waals surface area contributed by atoms with Crippen LogP contribution in [0, 0.1) is 17.6 Å². The molecule has 19 heavy (non-hydrogen) atoms. The molecule has 1 atom stereocenters. The molecule has 0 fully saturated rings. The van der Waals surface area contributed by atoms with Gasteiger partial charge in [0.15, 0.2) is 0 Å². The second kappa shape index (κ2) is 6.67. The Balaban J connectivity index is 2.53. The highest BCUT2D eigenvalue weighted by Gasteiger charge is 2.15. The molecule has 1 unspecified atom stereocenters. The molecule has 1 aromatic carbocycles. The molecule has 1 aromatic rings. The summed E-state index contributed by atoms with van der Waals surface area (Å²) in [4.78, 5) is 22.1. The lowest BCUT2D eigenvalue weighted by molar-refractivity contribution is -0.141. The molecular formula is C12H14F2N2O3. The van der Waals surface area contributed by atoms with Crippen molar-refractivity contribution < 1.29 is 23.5 Å². The second-order valence-corrected chi connectivity index (χ2v) is 3.94. The monoisotopic (exact) mass is 272 g/mol. The van der Waals surface area contributed by atoms with Crippen LogP contribution in [0.1, 0.15) is 13.3 Å². The predicted octanol–water partition coefficient (Wildman–Crippen LogP) is 2.20. The molecule has 2 amide bonds. The fraction of sp³-hybridized carbons (Fsp3) is 0.333. The van der Waals surface area contributed by atoms with E-state index in [1.54, 1.807) is 6.92 Å². The van der Waals surface area contributed by atoms with Gasteiger partial charge < -0.3 is 15.7 Å². The Morgan fingerprint density at radius 1 is 1.26 bits per heavy atom. The summed E-state index contributed by atoms with van der Waals surface area (Å²) >= 11 is 0. The summed E-state index contributed by atoms with van der Waals surface area (Å²) in [5.41, 5.74) is -0.0432. The lowest BCUT2D eigenvalue weighted by Gasteiger charge is -2.12. The van der Waals surface area contributed by atoms with Crippen molar-refractivity contribution in [3.05, 3.63) is 29.8 Å². The van der Waals surface area contributed by atoms with E-state index in [2.05, 4.69) is 10.6 Å². The van der Waals surface area contributed by atoms with Gasteiger partial charge in [0.25, 0.3) is 0 Å². The minimum absolute atomic E-state index is 0.0432. The van der Waals surface area contributed by atoms with Gasteiger partial charge in [-0.15, -0.1) is 0 Å². The largest absolute Gasteiger partial charge is 0.481 e. The van der Waals surface area contributed by atoms with Crippen LogP contribution >= 0.6 is 0 Å². The number of halogens is 2. The Morgan fingerprint density at radius 3 is 2.32 bits per heavy atom. The number of anilines is 1. The molecule has 0 bridgehead atoms. The number of benzene rings is 1. The fourth-order valence-corrected chi connectivity index (χ4v) is 1.42. The first-order valence-electron chi connectivity index (χ1n) is 5.66. The predicted molar refractivity (Wildman–Crippen MR) is 64.8 cm³/mol. The van der Waals surface area contributed by atoms with Crippen LogP contribution in [0.15, 0.2) is 18.2 Å². The molecule has 1 rings (SSSR count). The van der Waals surface area contributed by atoms with Gasteiger partial charge in [-0.25, -0.2) is 13.6 Å². The minimum atomic E-state index is -1.01. The Hall–Kier alpha value is -2.18. The van der Waals surface area contributed by atoms with Crippen molar-refractivity contribution in [3.8, 4) is 0 Å². The van der Waals surface area contributed by atoms with Gasteiger partial charge in [-0.3, -0.25) is 4.79 Å². The van der Waals surface area contributed by atoms with Gasteiger partial charge >= 0.3 is 12.0 Å². The molecule has 3 N–H and O–H groups in total. The Labute approximate surface area is 108 Å². The average molecular weight is 272 g/mol. The van der Waals surface area contributed by atoms with Gasteiger partial charge in [0.1, 0.15) is 11.6 Å². The first-order valence-corrected chi connectivity index (χ1v) is 5.66. The van der Waals surface area contributed by atoms with E-state index in [4.69, 9.17) is 5.11 Å². The smallest absolute Gasteiger partial charge is 0.319 e. The number of carboxylic acid groups (broad SMARTS) is 1. The lowest BCUT2D eigenvalue weighted by atomic mass is 10.1. The first-order chi connectivity index (χ1) is 8.92. The topological polar surface area (TPSA) is 78.4 Å². The number of carboxylic acids is 1. The van der Waals surface area contributed by atoms with Crippen LogP contribution in [0.3, 0.4) is 0 Å². The molecule has 7 heteroatoms. The lowest BCUT2D eigenvalue weighted by Crippen LogP contribution is -2.35. The number of carbonyl (C=O) groups is 2. The molecule has 0 heterocycles. The maximum Gasteiger partial charge on any atom is 0.319 e. The van der Waals surface area contributed by atoms with Gasteiger partial charge in [0.2, 0.25) is 0 Å². The van der Waals surface area contributed by atoms with Crippen LogP contribution in [0.2, 0.25) is 0 Å². The van der Waals surface area contributed by atoms with Crippen molar-refractivity contribution in [1.29, 1.82) is 0 Å². The molecular weight excluding hydrogens is 258 g/mol. The number of urea groups is 1. The quantitative estimate of drug-likeness (QED) is 0.768. The highest BCUT2D eigenvalue weighted by atomic mass is 19.1. The fourth-order valence-electron chi connectivity index (χ4n) is 1.42. The van der Waals surface area contributed by atoms with E-state index in [0.29, 0.717) is 12.5 Å². The maximum atomic E-state index is 12.9. The molecule has 0 spiro atoms. The van der Waals surface area contributed by atoms with Gasteiger partial charge in [0, 0.05) is 18.3 Å². The minimum Gasteiger partial charge on any atom is -0.481 e. The third-order valence-electron chi connectivity index (χ3n) is 2.47. The van der Waals surface area contributed by atoms with E-state index in [1.807, 2.05) is 0 Å². The van der Waals surface area contributed by atoms with Crippen molar-refractivity contribution in [2.24, 2.45) is 5.92 Å². The highest BCUT2D eigenvalue weighted by molar-refractivity contribution is 5.89. The van der Waals surface area contributed by atoms with Crippen molar-refractivity contribution >= 4 is 17.7 Å². The van der Waals surface area contributed by atoms with Crippen LogP contribution in [0.25, 0.3) is 0 Å². The zero-order valence-corrected chi connectivity index (χ0v) is 10.2. The van der Waals surface area contributed by atoms with Gasteiger partial charge in [-0.1, -0.05) is 6.92 Å². The van der Waals surface area contributed by atoms with E-state index in [0.717, 1.165) is 12.1 Å². The third-order valence-corrected chi connectivity index (χ3v) is 2.47. The summed E-state index contributed by atoms with van der Waals surface area (Å²) in [5, 5.41) is 13.3. The maximum absolute atomic E-state index is 12.9. The van der Waals surface area contributed by atoms with Gasteiger partial charge in [-0.05, 0) is 18.6 Å². The van der Waals surface area contributed by atoms with Crippen LogP contribution in [-0.4, -0.2) is 23.7 Å². The molecule has 0 aliphatic heterocycles. The summed E-state index contributed by atoms with van der Waals surface area (Å²) in [6.45, 7) is 1.62.